The summed E-state index contributed by atoms with van der Waals surface area (Å²) < 4.78 is 6.29. The summed E-state index contributed by atoms with van der Waals surface area (Å²) in [4.78, 5) is 11.2. The summed E-state index contributed by atoms with van der Waals surface area (Å²) in [6.07, 6.45) is 0. The van der Waals surface area contributed by atoms with Crippen molar-refractivity contribution in [2.45, 2.75) is 14.4 Å². The standard InChI is InChI=1S/C7H6ClIO2S.CH4/c1-2-11-7(10)4-3-5(9)12-6(4)8;/h3H,2H2,1H3;1H4. The van der Waals surface area contributed by atoms with E-state index in [1.165, 1.54) is 11.3 Å². The number of hydrogen-bond donors (Lipinski definition) is 0. The van der Waals surface area contributed by atoms with E-state index in [0.717, 1.165) is 2.88 Å². The number of rotatable bonds is 2. The van der Waals surface area contributed by atoms with Gasteiger partial charge in [0.1, 0.15) is 4.34 Å². The monoisotopic (exact) mass is 332 g/mol. The topological polar surface area (TPSA) is 26.3 Å². The molecule has 0 saturated heterocycles. The lowest BCUT2D eigenvalue weighted by atomic mass is 10.3. The molecule has 0 unspecified atom stereocenters. The fraction of sp³-hybridized carbons (Fsp3) is 0.375. The Morgan fingerprint density at radius 1 is 1.77 bits per heavy atom. The normalized spacial score (nSPS) is 9.15. The van der Waals surface area contributed by atoms with Crippen LogP contribution >= 0.6 is 45.5 Å². The molecule has 0 radical (unpaired) electrons. The maximum Gasteiger partial charge on any atom is 0.340 e. The van der Waals surface area contributed by atoms with E-state index in [1.54, 1.807) is 13.0 Å². The van der Waals surface area contributed by atoms with E-state index in [0.29, 0.717) is 16.5 Å². The van der Waals surface area contributed by atoms with Gasteiger partial charge in [-0.15, -0.1) is 11.3 Å². The summed E-state index contributed by atoms with van der Waals surface area (Å²) in [5.41, 5.74) is 0.466. The Hall–Kier alpha value is 0.190. The summed E-state index contributed by atoms with van der Waals surface area (Å²) in [5.74, 6) is -0.346. The van der Waals surface area contributed by atoms with Crippen LogP contribution in [0.3, 0.4) is 0 Å². The van der Waals surface area contributed by atoms with Crippen molar-refractivity contribution < 1.29 is 9.53 Å². The van der Waals surface area contributed by atoms with Gasteiger partial charge in [0.15, 0.2) is 0 Å². The van der Waals surface area contributed by atoms with Crippen molar-refractivity contribution in [3.8, 4) is 0 Å². The Morgan fingerprint density at radius 3 is 2.77 bits per heavy atom. The van der Waals surface area contributed by atoms with Crippen molar-refractivity contribution >= 4 is 51.5 Å². The van der Waals surface area contributed by atoms with Crippen LogP contribution in [0, 0.1) is 2.88 Å². The van der Waals surface area contributed by atoms with Crippen LogP contribution in [0.25, 0.3) is 0 Å². The molecule has 13 heavy (non-hydrogen) atoms. The van der Waals surface area contributed by atoms with E-state index in [9.17, 15) is 4.79 Å². The van der Waals surface area contributed by atoms with Crippen LogP contribution in [0.5, 0.6) is 0 Å². The fourth-order valence-electron chi connectivity index (χ4n) is 0.688. The van der Waals surface area contributed by atoms with Gasteiger partial charge in [-0.3, -0.25) is 0 Å². The maximum absolute atomic E-state index is 11.2. The Kier molecular flexibility index (Phi) is 5.91. The second-order valence-corrected chi connectivity index (χ2v) is 5.51. The van der Waals surface area contributed by atoms with Crippen LogP contribution < -0.4 is 0 Å². The molecule has 74 valence electrons. The lowest BCUT2D eigenvalue weighted by Crippen LogP contribution is -2.03. The number of carbonyl (C=O) groups is 1. The molecule has 1 aromatic heterocycles. The highest BCUT2D eigenvalue weighted by Crippen LogP contribution is 2.28. The van der Waals surface area contributed by atoms with Gasteiger partial charge in [-0.1, -0.05) is 19.0 Å². The zero-order valence-corrected chi connectivity index (χ0v) is 10.00. The molecule has 0 N–H and O–H groups in total. The zero-order chi connectivity index (χ0) is 9.14. The van der Waals surface area contributed by atoms with Gasteiger partial charge in [0.25, 0.3) is 0 Å². The third-order valence-electron chi connectivity index (χ3n) is 1.15. The highest BCUT2D eigenvalue weighted by molar-refractivity contribution is 14.1. The predicted molar refractivity (Wildman–Crippen MR) is 64.7 cm³/mol. The summed E-state index contributed by atoms with van der Waals surface area (Å²) in [6.45, 7) is 2.14. The van der Waals surface area contributed by atoms with Gasteiger partial charge >= 0.3 is 5.97 Å². The van der Waals surface area contributed by atoms with Crippen LogP contribution in [-0.4, -0.2) is 12.6 Å². The minimum atomic E-state index is -0.346. The number of thiophene rings is 1. The lowest BCUT2D eigenvalue weighted by Gasteiger charge is -1.97. The molecule has 0 amide bonds. The molecule has 5 heteroatoms. The maximum atomic E-state index is 11.2. The summed E-state index contributed by atoms with van der Waals surface area (Å²) in [6, 6.07) is 1.73. The molecular formula is C8H10ClIO2S. The van der Waals surface area contributed by atoms with Crippen molar-refractivity contribution in [3.63, 3.8) is 0 Å². The van der Waals surface area contributed by atoms with Crippen LogP contribution in [-0.2, 0) is 4.74 Å². The fourth-order valence-corrected chi connectivity index (χ4v) is 3.03. The minimum Gasteiger partial charge on any atom is -0.462 e. The molecule has 0 aromatic carbocycles. The molecule has 2 nitrogen and oxygen atoms in total. The van der Waals surface area contributed by atoms with Crippen LogP contribution in [0.2, 0.25) is 4.34 Å². The number of hydrogen-bond acceptors (Lipinski definition) is 3. The first-order chi connectivity index (χ1) is 5.65. The van der Waals surface area contributed by atoms with Crippen LogP contribution in [0.1, 0.15) is 24.7 Å². The number of ether oxygens (including phenoxy) is 1. The molecule has 0 aliphatic heterocycles. The van der Waals surface area contributed by atoms with Crippen molar-refractivity contribution in [2.24, 2.45) is 0 Å². The van der Waals surface area contributed by atoms with E-state index in [1.807, 2.05) is 0 Å². The SMILES string of the molecule is C.CCOC(=O)c1cc(I)sc1Cl. The zero-order valence-electron chi connectivity index (χ0n) is 6.27. The van der Waals surface area contributed by atoms with E-state index >= 15 is 0 Å². The molecule has 0 aliphatic carbocycles. The first-order valence-corrected chi connectivity index (χ1v) is 5.54. The average Bonchev–Trinajstić information content (AvgIpc) is 2.30. The number of esters is 1. The van der Waals surface area contributed by atoms with Crippen LogP contribution in [0.15, 0.2) is 6.07 Å². The Bertz CT molecular complexity index is 298. The van der Waals surface area contributed by atoms with Gasteiger partial charge in [0.05, 0.1) is 15.1 Å². The lowest BCUT2D eigenvalue weighted by molar-refractivity contribution is 0.0527. The van der Waals surface area contributed by atoms with Crippen molar-refractivity contribution in [1.29, 1.82) is 0 Å². The van der Waals surface area contributed by atoms with Crippen LogP contribution in [0.4, 0.5) is 0 Å². The van der Waals surface area contributed by atoms with Gasteiger partial charge in [-0.25, -0.2) is 4.79 Å². The minimum absolute atomic E-state index is 0. The molecule has 1 heterocycles. The Balaban J connectivity index is 0.00000144. The summed E-state index contributed by atoms with van der Waals surface area (Å²) in [5, 5.41) is 0. The van der Waals surface area contributed by atoms with Crippen molar-refractivity contribution in [2.75, 3.05) is 6.61 Å². The van der Waals surface area contributed by atoms with E-state index in [-0.39, 0.29) is 13.4 Å². The molecular weight excluding hydrogens is 323 g/mol. The summed E-state index contributed by atoms with van der Waals surface area (Å²) >= 11 is 9.28. The Labute approximate surface area is 100 Å². The first-order valence-electron chi connectivity index (χ1n) is 3.27. The smallest absolute Gasteiger partial charge is 0.340 e. The highest BCUT2D eigenvalue weighted by Gasteiger charge is 2.14. The van der Waals surface area contributed by atoms with Gasteiger partial charge in [0.2, 0.25) is 0 Å². The number of carbonyl (C=O) groups excluding carboxylic acids is 1. The third-order valence-corrected chi connectivity index (χ3v) is 3.27. The van der Waals surface area contributed by atoms with Crippen molar-refractivity contribution in [3.05, 3.63) is 18.9 Å². The highest BCUT2D eigenvalue weighted by atomic mass is 127. The quantitative estimate of drug-likeness (QED) is 0.608. The van der Waals surface area contributed by atoms with E-state index < -0.39 is 0 Å². The predicted octanol–water partition coefficient (Wildman–Crippen LogP) is 3.82. The molecule has 1 rings (SSSR count). The molecule has 0 bridgehead atoms. The first kappa shape index (κ1) is 13.2. The van der Waals surface area contributed by atoms with E-state index in [2.05, 4.69) is 22.6 Å². The molecule has 1 aromatic rings. The second kappa shape index (κ2) is 5.82. The largest absolute Gasteiger partial charge is 0.462 e. The molecule has 0 atom stereocenters. The third kappa shape index (κ3) is 3.44. The average molecular weight is 333 g/mol. The van der Waals surface area contributed by atoms with Gasteiger partial charge in [0, 0.05) is 0 Å². The second-order valence-electron chi connectivity index (χ2n) is 1.96. The molecule has 0 aliphatic rings. The van der Waals surface area contributed by atoms with Gasteiger partial charge in [-0.2, -0.15) is 0 Å². The Morgan fingerprint density at radius 2 is 2.38 bits per heavy atom. The van der Waals surface area contributed by atoms with Crippen molar-refractivity contribution in [1.82, 2.24) is 0 Å². The molecule has 0 spiro atoms. The molecule has 0 fully saturated rings. The van der Waals surface area contributed by atoms with Gasteiger partial charge in [-0.05, 0) is 35.6 Å². The van der Waals surface area contributed by atoms with E-state index in [4.69, 9.17) is 16.3 Å². The number of halogens is 2. The molecule has 0 saturated carbocycles. The summed E-state index contributed by atoms with van der Waals surface area (Å²) in [7, 11) is 0. The van der Waals surface area contributed by atoms with Gasteiger partial charge < -0.3 is 4.74 Å².